The van der Waals surface area contributed by atoms with E-state index < -0.39 is 23.0 Å². The first-order valence-electron chi connectivity index (χ1n) is 12.1. The minimum absolute atomic E-state index is 0.0797. The Morgan fingerprint density at radius 2 is 1.79 bits per heavy atom. The maximum atomic E-state index is 13.7. The maximum absolute atomic E-state index is 13.7. The Balaban J connectivity index is 1.60. The molecule has 0 saturated carbocycles. The molecule has 196 valence electrons. The van der Waals surface area contributed by atoms with Crippen molar-refractivity contribution in [1.82, 2.24) is 14.0 Å². The second-order valence-electron chi connectivity index (χ2n) is 8.87. The average molecular weight is 537 g/mol. The molecule has 2 aromatic heterocycles. The van der Waals surface area contributed by atoms with Gasteiger partial charge in [-0.25, -0.2) is 13.8 Å². The van der Waals surface area contributed by atoms with Gasteiger partial charge in [-0.15, -0.1) is 11.3 Å². The van der Waals surface area contributed by atoms with Gasteiger partial charge in [0.1, 0.15) is 22.9 Å². The molecule has 0 unspecified atom stereocenters. The number of hydrogen-bond acceptors (Lipinski definition) is 6. The number of ether oxygens (including phenoxy) is 1. The second-order valence-corrected chi connectivity index (χ2v) is 9.95. The number of fused-ring (bicyclic) bond motifs is 3. The fourth-order valence-corrected chi connectivity index (χ4v) is 5.92. The summed E-state index contributed by atoms with van der Waals surface area (Å²) >= 11 is 1.24. The van der Waals surface area contributed by atoms with Gasteiger partial charge in [0.2, 0.25) is 11.8 Å². The average Bonchev–Trinajstić information content (AvgIpc) is 3.28. The van der Waals surface area contributed by atoms with Crippen LogP contribution in [-0.2, 0) is 29.1 Å². The molecule has 4 aromatic rings. The number of halogens is 1. The zero-order valence-corrected chi connectivity index (χ0v) is 21.6. The molecule has 0 fully saturated rings. The highest BCUT2D eigenvalue weighted by molar-refractivity contribution is 7.18. The highest BCUT2D eigenvalue weighted by Gasteiger charge is 2.28. The third-order valence-electron chi connectivity index (χ3n) is 6.40. The molecule has 38 heavy (non-hydrogen) atoms. The van der Waals surface area contributed by atoms with Gasteiger partial charge in [-0.3, -0.25) is 19.0 Å². The largest absolute Gasteiger partial charge is 0.494 e. The Bertz CT molecular complexity index is 1650. The van der Waals surface area contributed by atoms with Crippen molar-refractivity contribution in [3.8, 4) is 11.4 Å². The van der Waals surface area contributed by atoms with Gasteiger partial charge in [0, 0.05) is 24.0 Å². The quantitative estimate of drug-likeness (QED) is 0.408. The molecule has 2 amide bonds. The van der Waals surface area contributed by atoms with Gasteiger partial charge in [0.05, 0.1) is 24.2 Å². The summed E-state index contributed by atoms with van der Waals surface area (Å²) < 4.78 is 21.3. The lowest BCUT2D eigenvalue weighted by Crippen LogP contribution is -2.41. The van der Waals surface area contributed by atoms with Crippen molar-refractivity contribution in [2.24, 2.45) is 0 Å². The number of rotatable bonds is 6. The monoisotopic (exact) mass is 536 g/mol. The van der Waals surface area contributed by atoms with E-state index in [9.17, 15) is 23.6 Å². The summed E-state index contributed by atoms with van der Waals surface area (Å²) in [5, 5.41) is 3.12. The molecule has 11 heteroatoms. The number of carbonyl (C=O) groups is 2. The highest BCUT2D eigenvalue weighted by Crippen LogP contribution is 2.33. The van der Waals surface area contributed by atoms with Crippen molar-refractivity contribution in [1.29, 1.82) is 0 Å². The predicted octanol–water partition coefficient (Wildman–Crippen LogP) is 3.30. The number of hydrogen-bond donors (Lipinski definition) is 1. The molecule has 1 N–H and O–H groups in total. The standard InChI is InChI=1S/C27H25FN4O5S/c1-3-37-20-10-6-18(7-11-20)29-23(34)15-31-26-24(21-12-13-30(16(2)33)14-22(21)38-26)25(35)32(27(31)36)19-8-4-17(28)5-9-19/h4-11H,3,12-15H2,1-2H3,(H,29,34). The van der Waals surface area contributed by atoms with Gasteiger partial charge in [0.25, 0.3) is 5.56 Å². The fourth-order valence-electron chi connectivity index (χ4n) is 4.58. The van der Waals surface area contributed by atoms with Crippen molar-refractivity contribution in [2.45, 2.75) is 33.4 Å². The molecule has 0 spiro atoms. The molecular formula is C27H25FN4O5S. The van der Waals surface area contributed by atoms with E-state index in [1.165, 1.54) is 47.1 Å². The third-order valence-corrected chi connectivity index (χ3v) is 7.64. The van der Waals surface area contributed by atoms with Crippen molar-refractivity contribution in [2.75, 3.05) is 18.5 Å². The van der Waals surface area contributed by atoms with Crippen LogP contribution in [-0.4, -0.2) is 39.0 Å². The molecular weight excluding hydrogens is 511 g/mol. The van der Waals surface area contributed by atoms with Crippen molar-refractivity contribution in [3.05, 3.63) is 85.6 Å². The number of amides is 2. The van der Waals surface area contributed by atoms with E-state index in [1.54, 1.807) is 29.2 Å². The van der Waals surface area contributed by atoms with E-state index in [0.717, 1.165) is 15.0 Å². The van der Waals surface area contributed by atoms with Crippen molar-refractivity contribution in [3.63, 3.8) is 0 Å². The van der Waals surface area contributed by atoms with E-state index in [1.807, 2.05) is 6.92 Å². The SMILES string of the molecule is CCOc1ccc(NC(=O)Cn2c(=O)n(-c3ccc(F)cc3)c(=O)c3c4c(sc32)CN(C(C)=O)CC4)cc1. The number of benzene rings is 2. The molecule has 0 radical (unpaired) electrons. The summed E-state index contributed by atoms with van der Waals surface area (Å²) in [6, 6.07) is 11.9. The first-order chi connectivity index (χ1) is 18.3. The zero-order chi connectivity index (χ0) is 27.0. The first kappa shape index (κ1) is 25.4. The van der Waals surface area contributed by atoms with Gasteiger partial charge >= 0.3 is 5.69 Å². The summed E-state index contributed by atoms with van der Waals surface area (Å²) in [5.41, 5.74) is 0.248. The van der Waals surface area contributed by atoms with Gasteiger partial charge in [-0.2, -0.15) is 0 Å². The van der Waals surface area contributed by atoms with Crippen LogP contribution in [0, 0.1) is 5.82 Å². The lowest BCUT2D eigenvalue weighted by molar-refractivity contribution is -0.129. The zero-order valence-electron chi connectivity index (χ0n) is 20.8. The Hall–Kier alpha value is -4.25. The molecule has 0 aliphatic carbocycles. The summed E-state index contributed by atoms with van der Waals surface area (Å²) in [5.74, 6) is -0.378. The molecule has 9 nitrogen and oxygen atoms in total. The topological polar surface area (TPSA) is 103 Å². The second kappa shape index (κ2) is 10.3. The molecule has 0 saturated heterocycles. The summed E-state index contributed by atoms with van der Waals surface area (Å²) in [6.07, 6.45) is 0.449. The molecule has 3 heterocycles. The van der Waals surface area contributed by atoms with Crippen LogP contribution in [0.15, 0.2) is 58.1 Å². The third kappa shape index (κ3) is 4.72. The maximum Gasteiger partial charge on any atom is 0.337 e. The number of carbonyl (C=O) groups excluding carboxylic acids is 2. The van der Waals surface area contributed by atoms with Crippen LogP contribution in [0.4, 0.5) is 10.1 Å². The molecule has 1 aliphatic rings. The smallest absolute Gasteiger partial charge is 0.337 e. The molecule has 5 rings (SSSR count). The van der Waals surface area contributed by atoms with E-state index in [0.29, 0.717) is 47.8 Å². The summed E-state index contributed by atoms with van der Waals surface area (Å²) in [4.78, 5) is 55.2. The van der Waals surface area contributed by atoms with Crippen molar-refractivity contribution < 1.29 is 18.7 Å². The molecule has 2 aromatic carbocycles. The van der Waals surface area contributed by atoms with E-state index in [-0.39, 0.29) is 18.1 Å². The molecule has 0 atom stereocenters. The van der Waals surface area contributed by atoms with Gasteiger partial charge in [-0.1, -0.05) is 0 Å². The van der Waals surface area contributed by atoms with Crippen LogP contribution < -0.4 is 21.3 Å². The van der Waals surface area contributed by atoms with Gasteiger partial charge < -0.3 is 15.0 Å². The predicted molar refractivity (Wildman–Crippen MR) is 143 cm³/mol. The van der Waals surface area contributed by atoms with E-state index >= 15 is 0 Å². The normalized spacial score (nSPS) is 12.9. The lowest BCUT2D eigenvalue weighted by atomic mass is 10.1. The minimum Gasteiger partial charge on any atom is -0.494 e. The molecule has 0 bridgehead atoms. The van der Waals surface area contributed by atoms with Crippen LogP contribution in [0.25, 0.3) is 15.9 Å². The number of thiophene rings is 1. The van der Waals surface area contributed by atoms with Crippen LogP contribution in [0.5, 0.6) is 5.75 Å². The Labute approximate surface area is 220 Å². The Morgan fingerprint density at radius 3 is 2.45 bits per heavy atom. The van der Waals surface area contributed by atoms with Crippen LogP contribution in [0.1, 0.15) is 24.3 Å². The molecule has 1 aliphatic heterocycles. The van der Waals surface area contributed by atoms with Crippen molar-refractivity contribution >= 4 is 39.1 Å². The van der Waals surface area contributed by atoms with E-state index in [2.05, 4.69) is 5.32 Å². The fraction of sp³-hybridized carbons (Fsp3) is 0.259. The highest BCUT2D eigenvalue weighted by atomic mass is 32.1. The first-order valence-corrected chi connectivity index (χ1v) is 12.9. The lowest BCUT2D eigenvalue weighted by Gasteiger charge is -2.25. The Kier molecular flexibility index (Phi) is 6.85. The number of anilines is 1. The number of nitrogens with one attached hydrogen (secondary N) is 1. The van der Waals surface area contributed by atoms with E-state index in [4.69, 9.17) is 4.74 Å². The summed E-state index contributed by atoms with van der Waals surface area (Å²) in [7, 11) is 0. The van der Waals surface area contributed by atoms with Crippen LogP contribution >= 0.6 is 11.3 Å². The summed E-state index contributed by atoms with van der Waals surface area (Å²) in [6.45, 7) is 4.30. The minimum atomic E-state index is -0.710. The van der Waals surface area contributed by atoms with Gasteiger partial charge in [0.15, 0.2) is 0 Å². The van der Waals surface area contributed by atoms with Crippen LogP contribution in [0.2, 0.25) is 0 Å². The Morgan fingerprint density at radius 1 is 1.08 bits per heavy atom. The number of aromatic nitrogens is 2. The van der Waals surface area contributed by atoms with Gasteiger partial charge in [-0.05, 0) is 67.4 Å². The number of nitrogens with zero attached hydrogens (tertiary/aromatic N) is 3. The van der Waals surface area contributed by atoms with Crippen LogP contribution in [0.3, 0.4) is 0 Å².